The van der Waals surface area contributed by atoms with E-state index in [9.17, 15) is 0 Å². The molecular weight excluding hydrogens is 260 g/mol. The summed E-state index contributed by atoms with van der Waals surface area (Å²) in [6, 6.07) is 0. The van der Waals surface area contributed by atoms with Gasteiger partial charge in [0.05, 0.1) is 10.2 Å². The average molecular weight is 268 g/mol. The lowest BCUT2D eigenvalue weighted by Gasteiger charge is -1.97. The molecule has 0 aromatic carbocycles. The first-order valence-corrected chi connectivity index (χ1v) is 4.60. The summed E-state index contributed by atoms with van der Waals surface area (Å²) in [4.78, 5) is 0. The third-order valence-electron chi connectivity index (χ3n) is 1.24. The van der Waals surface area contributed by atoms with Crippen molar-refractivity contribution in [2.75, 3.05) is 0 Å². The van der Waals surface area contributed by atoms with Gasteiger partial charge < -0.3 is 0 Å². The Morgan fingerprint density at radius 1 is 1.40 bits per heavy atom. The number of hydrogen-bond donors (Lipinski definition) is 1. The zero-order valence-electron chi connectivity index (χ0n) is 5.78. The van der Waals surface area contributed by atoms with Crippen LogP contribution in [-0.4, -0.2) is 10.2 Å². The zero-order chi connectivity index (χ0) is 7.72. The van der Waals surface area contributed by atoms with Gasteiger partial charge in [0.15, 0.2) is 0 Å². The number of aromatic nitrogens is 2. The first-order chi connectivity index (χ1) is 4.63. The van der Waals surface area contributed by atoms with Crippen LogP contribution in [0.25, 0.3) is 0 Å². The minimum atomic E-state index is 0.455. The molecule has 0 amide bonds. The molecule has 56 valence electrons. The molecule has 4 heteroatoms. The maximum atomic E-state index is 4.10. The van der Waals surface area contributed by atoms with Crippen molar-refractivity contribution < 1.29 is 0 Å². The molecule has 0 spiro atoms. The van der Waals surface area contributed by atoms with E-state index in [0.29, 0.717) is 5.92 Å². The van der Waals surface area contributed by atoms with Crippen molar-refractivity contribution in [2.45, 2.75) is 19.8 Å². The zero-order valence-corrected chi connectivity index (χ0v) is 8.95. The predicted octanol–water partition coefficient (Wildman–Crippen LogP) is 3.06. The molecule has 0 aliphatic rings. The van der Waals surface area contributed by atoms with Gasteiger partial charge in [-0.1, -0.05) is 13.8 Å². The quantitative estimate of drug-likeness (QED) is 0.833. The number of nitrogens with zero attached hydrogens (tertiary/aromatic N) is 1. The highest BCUT2D eigenvalue weighted by atomic mass is 79.9. The van der Waals surface area contributed by atoms with Gasteiger partial charge in [-0.2, -0.15) is 5.10 Å². The molecule has 1 aromatic rings. The molecule has 10 heavy (non-hydrogen) atoms. The summed E-state index contributed by atoms with van der Waals surface area (Å²) in [6.07, 6.45) is 0. The molecule has 0 saturated heterocycles. The van der Waals surface area contributed by atoms with Crippen molar-refractivity contribution in [3.63, 3.8) is 0 Å². The Morgan fingerprint density at radius 3 is 2.20 bits per heavy atom. The maximum Gasteiger partial charge on any atom is 0.115 e. The minimum Gasteiger partial charge on any atom is -0.270 e. The summed E-state index contributed by atoms with van der Waals surface area (Å²) < 4.78 is 1.94. The molecule has 0 unspecified atom stereocenters. The second-order valence-corrected chi connectivity index (χ2v) is 3.98. The van der Waals surface area contributed by atoms with Gasteiger partial charge in [0.25, 0.3) is 0 Å². The Morgan fingerprint density at radius 2 is 2.00 bits per heavy atom. The fraction of sp³-hybridized carbons (Fsp3) is 0.500. The topological polar surface area (TPSA) is 28.7 Å². The van der Waals surface area contributed by atoms with Crippen molar-refractivity contribution >= 4 is 31.9 Å². The fourth-order valence-corrected chi connectivity index (χ4v) is 1.63. The van der Waals surface area contributed by atoms with Gasteiger partial charge >= 0.3 is 0 Å². The molecular formula is C6H8Br2N2. The van der Waals surface area contributed by atoms with Crippen molar-refractivity contribution in [3.8, 4) is 0 Å². The number of hydrogen-bond acceptors (Lipinski definition) is 1. The molecule has 1 heterocycles. The fourth-order valence-electron chi connectivity index (χ4n) is 0.702. The Kier molecular flexibility index (Phi) is 2.52. The SMILES string of the molecule is CC(C)c1n[nH]c(Br)c1Br. The summed E-state index contributed by atoms with van der Waals surface area (Å²) >= 11 is 6.73. The van der Waals surface area contributed by atoms with Gasteiger partial charge in [0, 0.05) is 0 Å². The van der Waals surface area contributed by atoms with Crippen molar-refractivity contribution in [2.24, 2.45) is 0 Å². The van der Waals surface area contributed by atoms with Gasteiger partial charge in [-0.3, -0.25) is 5.10 Å². The third-order valence-corrected chi connectivity index (χ3v) is 3.15. The number of nitrogens with one attached hydrogen (secondary N) is 1. The smallest absolute Gasteiger partial charge is 0.115 e. The normalized spacial score (nSPS) is 10.9. The molecule has 0 atom stereocenters. The summed E-state index contributed by atoms with van der Waals surface area (Å²) in [7, 11) is 0. The number of aromatic amines is 1. The van der Waals surface area contributed by atoms with Crippen LogP contribution in [0.15, 0.2) is 9.08 Å². The molecule has 0 saturated carbocycles. The average Bonchev–Trinajstić information content (AvgIpc) is 2.14. The van der Waals surface area contributed by atoms with Crippen LogP contribution in [0.3, 0.4) is 0 Å². The standard InChI is InChI=1S/C6H8Br2N2/c1-3(2)5-4(7)6(8)10-9-5/h3H,1-2H3,(H,9,10). The van der Waals surface area contributed by atoms with Gasteiger partial charge in [-0.15, -0.1) is 0 Å². The first-order valence-electron chi connectivity index (χ1n) is 3.02. The third kappa shape index (κ3) is 1.42. The largest absolute Gasteiger partial charge is 0.270 e. The lowest BCUT2D eigenvalue weighted by Crippen LogP contribution is -1.87. The van der Waals surface area contributed by atoms with E-state index in [1.165, 1.54) is 0 Å². The van der Waals surface area contributed by atoms with E-state index >= 15 is 0 Å². The van der Waals surface area contributed by atoms with Crippen LogP contribution in [0.4, 0.5) is 0 Å². The van der Waals surface area contributed by atoms with Crippen LogP contribution in [0.2, 0.25) is 0 Å². The predicted molar refractivity (Wildman–Crippen MR) is 48.1 cm³/mol. The van der Waals surface area contributed by atoms with E-state index in [0.717, 1.165) is 14.8 Å². The number of H-pyrrole nitrogens is 1. The highest BCUT2D eigenvalue weighted by molar-refractivity contribution is 9.13. The summed E-state index contributed by atoms with van der Waals surface area (Å²) in [5, 5.41) is 6.93. The molecule has 1 N–H and O–H groups in total. The lowest BCUT2D eigenvalue weighted by atomic mass is 10.1. The molecule has 2 nitrogen and oxygen atoms in total. The summed E-state index contributed by atoms with van der Waals surface area (Å²) in [5.74, 6) is 0.455. The van der Waals surface area contributed by atoms with Gasteiger partial charge in [0.1, 0.15) is 4.60 Å². The summed E-state index contributed by atoms with van der Waals surface area (Å²) in [6.45, 7) is 4.21. The first kappa shape index (κ1) is 8.27. The Labute approximate surface area is 76.7 Å². The summed E-state index contributed by atoms with van der Waals surface area (Å²) in [5.41, 5.74) is 1.06. The minimum absolute atomic E-state index is 0.455. The van der Waals surface area contributed by atoms with E-state index < -0.39 is 0 Å². The van der Waals surface area contributed by atoms with Gasteiger partial charge in [0.2, 0.25) is 0 Å². The molecule has 0 fully saturated rings. The lowest BCUT2D eigenvalue weighted by molar-refractivity contribution is 0.806. The van der Waals surface area contributed by atoms with Crippen LogP contribution >= 0.6 is 31.9 Å². The van der Waals surface area contributed by atoms with E-state index in [2.05, 4.69) is 55.9 Å². The van der Waals surface area contributed by atoms with Crippen LogP contribution in [0.1, 0.15) is 25.5 Å². The Balaban J connectivity index is 3.05. The number of rotatable bonds is 1. The van der Waals surface area contributed by atoms with Crippen LogP contribution < -0.4 is 0 Å². The van der Waals surface area contributed by atoms with Crippen LogP contribution in [-0.2, 0) is 0 Å². The maximum absolute atomic E-state index is 4.10. The van der Waals surface area contributed by atoms with E-state index in [-0.39, 0.29) is 0 Å². The highest BCUT2D eigenvalue weighted by Crippen LogP contribution is 2.28. The molecule has 0 aliphatic carbocycles. The molecule has 0 bridgehead atoms. The van der Waals surface area contributed by atoms with Crippen molar-refractivity contribution in [3.05, 3.63) is 14.8 Å². The van der Waals surface area contributed by atoms with Gasteiger partial charge in [-0.05, 0) is 37.8 Å². The highest BCUT2D eigenvalue weighted by Gasteiger charge is 2.10. The van der Waals surface area contributed by atoms with E-state index in [1.807, 2.05) is 0 Å². The molecule has 1 rings (SSSR count). The van der Waals surface area contributed by atoms with Crippen LogP contribution in [0, 0.1) is 0 Å². The monoisotopic (exact) mass is 266 g/mol. The molecule has 0 aliphatic heterocycles. The van der Waals surface area contributed by atoms with E-state index in [4.69, 9.17) is 0 Å². The Hall–Kier alpha value is 0.170. The molecule has 1 aromatic heterocycles. The van der Waals surface area contributed by atoms with Crippen molar-refractivity contribution in [1.82, 2.24) is 10.2 Å². The molecule has 0 radical (unpaired) electrons. The second kappa shape index (κ2) is 3.05. The van der Waals surface area contributed by atoms with Gasteiger partial charge in [-0.25, -0.2) is 0 Å². The Bertz CT molecular complexity index is 230. The van der Waals surface area contributed by atoms with E-state index in [1.54, 1.807) is 0 Å². The van der Waals surface area contributed by atoms with Crippen molar-refractivity contribution in [1.29, 1.82) is 0 Å². The number of halogens is 2. The second-order valence-electron chi connectivity index (χ2n) is 2.39. The van der Waals surface area contributed by atoms with Crippen LogP contribution in [0.5, 0.6) is 0 Å².